The molecular formula is C27H38N2S. The predicted molar refractivity (Wildman–Crippen MR) is 133 cm³/mol. The molecule has 1 aromatic heterocycles. The Bertz CT molecular complexity index is 823. The van der Waals surface area contributed by atoms with Crippen molar-refractivity contribution in [3.05, 3.63) is 66.7 Å². The van der Waals surface area contributed by atoms with Gasteiger partial charge in [-0.3, -0.25) is 0 Å². The highest BCUT2D eigenvalue weighted by Crippen LogP contribution is 2.35. The Morgan fingerprint density at radius 2 is 1.53 bits per heavy atom. The summed E-state index contributed by atoms with van der Waals surface area (Å²) in [5, 5.41) is 3.19. The van der Waals surface area contributed by atoms with Gasteiger partial charge >= 0.3 is 0 Å². The van der Waals surface area contributed by atoms with E-state index in [0.29, 0.717) is 5.25 Å². The molecule has 0 saturated carbocycles. The minimum atomic E-state index is 0.462. The molecule has 3 aromatic rings. The normalized spacial score (nSPS) is 12.4. The quantitative estimate of drug-likeness (QED) is 0.229. The van der Waals surface area contributed by atoms with E-state index < -0.39 is 0 Å². The molecule has 0 N–H and O–H groups in total. The third-order valence-corrected chi connectivity index (χ3v) is 7.25. The fraction of sp³-hybridized carbons (Fsp3) is 0.519. The fourth-order valence-corrected chi connectivity index (χ4v) is 5.49. The van der Waals surface area contributed by atoms with Gasteiger partial charge in [-0.25, -0.2) is 4.98 Å². The Morgan fingerprint density at radius 3 is 2.27 bits per heavy atom. The van der Waals surface area contributed by atoms with Crippen molar-refractivity contribution in [2.75, 3.05) is 5.75 Å². The van der Waals surface area contributed by atoms with Gasteiger partial charge in [0.15, 0.2) is 0 Å². The Labute approximate surface area is 187 Å². The van der Waals surface area contributed by atoms with Crippen molar-refractivity contribution in [1.82, 2.24) is 9.55 Å². The van der Waals surface area contributed by atoms with E-state index in [9.17, 15) is 0 Å². The van der Waals surface area contributed by atoms with Gasteiger partial charge in [0.25, 0.3) is 0 Å². The van der Waals surface area contributed by atoms with Crippen LogP contribution in [0.1, 0.15) is 81.9 Å². The maximum atomic E-state index is 4.25. The van der Waals surface area contributed by atoms with Gasteiger partial charge in [-0.1, -0.05) is 107 Å². The first kappa shape index (κ1) is 22.9. The Morgan fingerprint density at radius 1 is 0.833 bits per heavy atom. The Hall–Kier alpha value is -1.74. The molecule has 0 aliphatic rings. The molecule has 1 atom stereocenters. The van der Waals surface area contributed by atoms with Crippen molar-refractivity contribution >= 4 is 22.5 Å². The number of imidazole rings is 1. The van der Waals surface area contributed by atoms with Crippen LogP contribution in [-0.2, 0) is 6.54 Å². The molecule has 3 rings (SSSR count). The van der Waals surface area contributed by atoms with E-state index in [1.165, 1.54) is 86.3 Å². The zero-order valence-corrected chi connectivity index (χ0v) is 19.5. The molecule has 0 bridgehead atoms. The molecule has 0 spiro atoms. The molecule has 2 aromatic carbocycles. The Balaban J connectivity index is 1.46. The van der Waals surface area contributed by atoms with E-state index in [2.05, 4.69) is 76.9 Å². The number of thioether (sulfide) groups is 1. The zero-order valence-electron chi connectivity index (χ0n) is 18.6. The number of fused-ring (bicyclic) bond motifs is 1. The minimum absolute atomic E-state index is 0.462. The van der Waals surface area contributed by atoms with Crippen molar-refractivity contribution in [2.24, 2.45) is 0 Å². The first-order valence-corrected chi connectivity index (χ1v) is 13.0. The molecule has 1 heterocycles. The van der Waals surface area contributed by atoms with Crippen LogP contribution in [-0.4, -0.2) is 15.3 Å². The predicted octanol–water partition coefficient (Wildman–Crippen LogP) is 8.43. The van der Waals surface area contributed by atoms with Crippen LogP contribution in [0.4, 0.5) is 0 Å². The summed E-state index contributed by atoms with van der Waals surface area (Å²) in [6.45, 7) is 3.27. The average Bonchev–Trinajstić information content (AvgIpc) is 3.29. The molecule has 0 radical (unpaired) electrons. The molecule has 0 saturated heterocycles. The van der Waals surface area contributed by atoms with E-state index in [-0.39, 0.29) is 0 Å². The standard InChI is InChI=1S/C27H38N2S/c1-2-3-4-5-6-7-8-9-10-13-21-30-27(22-29-20-19-28-23-29)26-18-14-16-24-15-11-12-17-25(24)26/h11-12,14-20,23,27H,2-10,13,21-22H2,1H3. The topological polar surface area (TPSA) is 17.8 Å². The molecule has 30 heavy (non-hydrogen) atoms. The van der Waals surface area contributed by atoms with Crippen LogP contribution in [0.3, 0.4) is 0 Å². The average molecular weight is 423 g/mol. The van der Waals surface area contributed by atoms with E-state index in [0.717, 1.165) is 6.54 Å². The molecule has 3 heteroatoms. The van der Waals surface area contributed by atoms with Crippen LogP contribution in [0.2, 0.25) is 0 Å². The van der Waals surface area contributed by atoms with Crippen LogP contribution in [0.15, 0.2) is 61.2 Å². The lowest BCUT2D eigenvalue weighted by Gasteiger charge is -2.20. The van der Waals surface area contributed by atoms with Gasteiger partial charge in [0.05, 0.1) is 6.33 Å². The van der Waals surface area contributed by atoms with Gasteiger partial charge < -0.3 is 4.57 Å². The van der Waals surface area contributed by atoms with Crippen molar-refractivity contribution in [1.29, 1.82) is 0 Å². The van der Waals surface area contributed by atoms with Crippen molar-refractivity contribution < 1.29 is 0 Å². The van der Waals surface area contributed by atoms with Gasteiger partial charge in [0.2, 0.25) is 0 Å². The van der Waals surface area contributed by atoms with E-state index in [4.69, 9.17) is 0 Å². The molecular weight excluding hydrogens is 384 g/mol. The summed E-state index contributed by atoms with van der Waals surface area (Å²) in [6, 6.07) is 15.5. The number of nitrogens with zero attached hydrogens (tertiary/aromatic N) is 2. The highest BCUT2D eigenvalue weighted by Gasteiger charge is 2.15. The smallest absolute Gasteiger partial charge is 0.0946 e. The maximum Gasteiger partial charge on any atom is 0.0946 e. The lowest BCUT2D eigenvalue weighted by Crippen LogP contribution is -2.06. The van der Waals surface area contributed by atoms with Crippen LogP contribution in [0.5, 0.6) is 0 Å². The number of aromatic nitrogens is 2. The molecule has 0 amide bonds. The number of benzene rings is 2. The second-order valence-electron chi connectivity index (χ2n) is 8.37. The Kier molecular flexibility index (Phi) is 10.4. The van der Waals surface area contributed by atoms with Gasteiger partial charge in [0.1, 0.15) is 0 Å². The molecule has 0 fully saturated rings. The third-order valence-electron chi connectivity index (χ3n) is 5.92. The molecule has 0 aliphatic heterocycles. The fourth-order valence-electron chi connectivity index (χ4n) is 4.17. The molecule has 162 valence electrons. The van der Waals surface area contributed by atoms with E-state index >= 15 is 0 Å². The van der Waals surface area contributed by atoms with Crippen molar-refractivity contribution in [2.45, 2.75) is 82.9 Å². The summed E-state index contributed by atoms with van der Waals surface area (Å²) in [4.78, 5) is 4.25. The van der Waals surface area contributed by atoms with Crippen LogP contribution >= 0.6 is 11.8 Å². The largest absolute Gasteiger partial charge is 0.336 e. The van der Waals surface area contributed by atoms with Gasteiger partial charge in [-0.15, -0.1) is 0 Å². The highest BCUT2D eigenvalue weighted by atomic mass is 32.2. The maximum absolute atomic E-state index is 4.25. The summed E-state index contributed by atoms with van der Waals surface area (Å²) in [5.41, 5.74) is 1.46. The van der Waals surface area contributed by atoms with Crippen LogP contribution < -0.4 is 0 Å². The third kappa shape index (κ3) is 7.50. The molecule has 1 unspecified atom stereocenters. The summed E-state index contributed by atoms with van der Waals surface area (Å²) < 4.78 is 2.22. The minimum Gasteiger partial charge on any atom is -0.336 e. The van der Waals surface area contributed by atoms with Crippen molar-refractivity contribution in [3.8, 4) is 0 Å². The van der Waals surface area contributed by atoms with E-state index in [1.54, 1.807) is 0 Å². The first-order valence-electron chi connectivity index (χ1n) is 11.9. The summed E-state index contributed by atoms with van der Waals surface area (Å²) >= 11 is 2.12. The number of hydrogen-bond donors (Lipinski definition) is 0. The van der Waals surface area contributed by atoms with Crippen LogP contribution in [0, 0.1) is 0 Å². The van der Waals surface area contributed by atoms with Gasteiger partial charge in [-0.05, 0) is 28.5 Å². The lowest BCUT2D eigenvalue weighted by molar-refractivity contribution is 0.563. The second kappa shape index (κ2) is 13.5. The zero-order chi connectivity index (χ0) is 20.9. The van der Waals surface area contributed by atoms with Crippen molar-refractivity contribution in [3.63, 3.8) is 0 Å². The van der Waals surface area contributed by atoms with E-state index in [1.807, 2.05) is 12.5 Å². The summed E-state index contributed by atoms with van der Waals surface area (Å²) in [6.07, 6.45) is 19.9. The molecule has 2 nitrogen and oxygen atoms in total. The van der Waals surface area contributed by atoms with Gasteiger partial charge in [-0.2, -0.15) is 11.8 Å². The summed E-state index contributed by atoms with van der Waals surface area (Å²) in [7, 11) is 0. The number of rotatable bonds is 15. The molecule has 0 aliphatic carbocycles. The number of hydrogen-bond acceptors (Lipinski definition) is 2. The highest BCUT2D eigenvalue weighted by molar-refractivity contribution is 7.99. The van der Waals surface area contributed by atoms with Crippen LogP contribution in [0.25, 0.3) is 10.8 Å². The first-order chi connectivity index (χ1) is 14.9. The monoisotopic (exact) mass is 422 g/mol. The van der Waals surface area contributed by atoms with Gasteiger partial charge in [0, 0.05) is 24.2 Å². The number of unbranched alkanes of at least 4 members (excludes halogenated alkanes) is 9. The lowest BCUT2D eigenvalue weighted by atomic mass is 10.0. The summed E-state index contributed by atoms with van der Waals surface area (Å²) in [5.74, 6) is 1.24. The SMILES string of the molecule is CCCCCCCCCCCCSC(Cn1ccnc1)c1cccc2ccccc12. The second-order valence-corrected chi connectivity index (χ2v) is 9.68.